The maximum atomic E-state index is 9.13. The molecular formula is C11H23NO2. The smallest absolute Gasteiger partial charge is 0.0958 e. The molecule has 1 rings (SSSR count). The molecule has 2 unspecified atom stereocenters. The molecule has 1 fully saturated rings. The molecule has 1 saturated carbocycles. The van der Waals surface area contributed by atoms with E-state index in [0.29, 0.717) is 18.4 Å². The van der Waals surface area contributed by atoms with Crippen molar-refractivity contribution < 1.29 is 9.84 Å². The molecule has 3 N–H and O–H groups in total. The van der Waals surface area contributed by atoms with Gasteiger partial charge in [0.25, 0.3) is 0 Å². The van der Waals surface area contributed by atoms with Crippen LogP contribution in [0.1, 0.15) is 33.1 Å². The fourth-order valence-corrected chi connectivity index (χ4v) is 1.53. The van der Waals surface area contributed by atoms with Crippen molar-refractivity contribution in [3.8, 4) is 0 Å². The lowest BCUT2D eigenvalue weighted by Gasteiger charge is -2.22. The summed E-state index contributed by atoms with van der Waals surface area (Å²) < 4.78 is 5.59. The minimum absolute atomic E-state index is 0.0344. The Morgan fingerprint density at radius 1 is 1.43 bits per heavy atom. The van der Waals surface area contributed by atoms with Crippen LogP contribution in [0.15, 0.2) is 0 Å². The highest BCUT2D eigenvalue weighted by atomic mass is 16.5. The van der Waals surface area contributed by atoms with Crippen LogP contribution in [0.25, 0.3) is 0 Å². The van der Waals surface area contributed by atoms with Gasteiger partial charge >= 0.3 is 0 Å². The second-order valence-electron chi connectivity index (χ2n) is 4.69. The van der Waals surface area contributed by atoms with E-state index in [1.807, 2.05) is 0 Å². The molecule has 0 bridgehead atoms. The Bertz CT molecular complexity index is 157. The minimum Gasteiger partial charge on any atom is -0.394 e. The summed E-state index contributed by atoms with van der Waals surface area (Å²) in [4.78, 5) is 0. The van der Waals surface area contributed by atoms with Crippen molar-refractivity contribution in [1.82, 2.24) is 0 Å². The Morgan fingerprint density at radius 2 is 2.07 bits per heavy atom. The number of nitrogens with two attached hydrogens (primary N) is 1. The Labute approximate surface area is 86.6 Å². The average molecular weight is 201 g/mol. The largest absolute Gasteiger partial charge is 0.394 e. The zero-order valence-electron chi connectivity index (χ0n) is 9.28. The Kier molecular flexibility index (Phi) is 4.85. The van der Waals surface area contributed by atoms with E-state index < -0.39 is 0 Å². The number of aliphatic hydroxyl groups excluding tert-OH is 1. The molecule has 0 amide bonds. The van der Waals surface area contributed by atoms with Crippen LogP contribution >= 0.6 is 0 Å². The number of hydrogen-bond donors (Lipinski definition) is 2. The second kappa shape index (κ2) is 5.69. The van der Waals surface area contributed by atoms with Gasteiger partial charge < -0.3 is 15.6 Å². The SMILES string of the molecule is CC(C)CCOC(CO)C(N)C1CC1. The van der Waals surface area contributed by atoms with Crippen LogP contribution in [0, 0.1) is 11.8 Å². The van der Waals surface area contributed by atoms with Crippen molar-refractivity contribution in [2.45, 2.75) is 45.3 Å². The summed E-state index contributed by atoms with van der Waals surface area (Å²) in [5.41, 5.74) is 5.97. The van der Waals surface area contributed by atoms with Crippen LogP contribution in [-0.4, -0.2) is 30.5 Å². The van der Waals surface area contributed by atoms with E-state index in [1.165, 1.54) is 12.8 Å². The molecule has 3 heteroatoms. The third-order valence-electron chi connectivity index (χ3n) is 2.80. The lowest BCUT2D eigenvalue weighted by Crippen LogP contribution is -2.41. The molecule has 1 aliphatic carbocycles. The molecule has 0 aliphatic heterocycles. The highest BCUT2D eigenvalue weighted by Gasteiger charge is 2.34. The van der Waals surface area contributed by atoms with E-state index >= 15 is 0 Å². The van der Waals surface area contributed by atoms with Gasteiger partial charge in [-0.2, -0.15) is 0 Å². The molecule has 0 spiro atoms. The number of rotatable bonds is 7. The van der Waals surface area contributed by atoms with Crippen molar-refractivity contribution in [2.24, 2.45) is 17.6 Å². The van der Waals surface area contributed by atoms with Gasteiger partial charge in [-0.3, -0.25) is 0 Å². The first-order chi connectivity index (χ1) is 6.65. The summed E-state index contributed by atoms with van der Waals surface area (Å²) in [5, 5.41) is 9.13. The van der Waals surface area contributed by atoms with Gasteiger partial charge in [0.15, 0.2) is 0 Å². The van der Waals surface area contributed by atoms with Crippen LogP contribution in [0.2, 0.25) is 0 Å². The molecular weight excluding hydrogens is 178 g/mol. The van der Waals surface area contributed by atoms with Gasteiger partial charge in [0.05, 0.1) is 12.7 Å². The first-order valence-electron chi connectivity index (χ1n) is 5.63. The third-order valence-corrected chi connectivity index (χ3v) is 2.80. The van der Waals surface area contributed by atoms with Gasteiger partial charge in [-0.15, -0.1) is 0 Å². The van der Waals surface area contributed by atoms with Crippen molar-refractivity contribution in [2.75, 3.05) is 13.2 Å². The van der Waals surface area contributed by atoms with Gasteiger partial charge in [0.1, 0.15) is 0 Å². The molecule has 0 aromatic rings. The molecule has 0 heterocycles. The van der Waals surface area contributed by atoms with Crippen LogP contribution in [0.5, 0.6) is 0 Å². The lowest BCUT2D eigenvalue weighted by molar-refractivity contribution is -0.0105. The van der Waals surface area contributed by atoms with Gasteiger partial charge in [-0.1, -0.05) is 13.8 Å². The van der Waals surface area contributed by atoms with Gasteiger partial charge in [0, 0.05) is 12.6 Å². The minimum atomic E-state index is -0.152. The first-order valence-corrected chi connectivity index (χ1v) is 5.63. The van der Waals surface area contributed by atoms with Crippen molar-refractivity contribution >= 4 is 0 Å². The van der Waals surface area contributed by atoms with Gasteiger partial charge in [-0.25, -0.2) is 0 Å². The number of aliphatic hydroxyl groups is 1. The third kappa shape index (κ3) is 3.95. The molecule has 84 valence electrons. The molecule has 2 atom stereocenters. The highest BCUT2D eigenvalue weighted by molar-refractivity contribution is 4.89. The van der Waals surface area contributed by atoms with E-state index in [2.05, 4.69) is 13.8 Å². The van der Waals surface area contributed by atoms with Crippen molar-refractivity contribution in [1.29, 1.82) is 0 Å². The van der Waals surface area contributed by atoms with Crippen LogP contribution < -0.4 is 5.73 Å². The highest BCUT2D eigenvalue weighted by Crippen LogP contribution is 2.33. The summed E-state index contributed by atoms with van der Waals surface area (Å²) in [6, 6.07) is 0.0344. The van der Waals surface area contributed by atoms with Crippen LogP contribution in [0.4, 0.5) is 0 Å². The van der Waals surface area contributed by atoms with E-state index in [-0.39, 0.29) is 18.8 Å². The van der Waals surface area contributed by atoms with Gasteiger partial charge in [0.2, 0.25) is 0 Å². The molecule has 1 aliphatic rings. The van der Waals surface area contributed by atoms with E-state index in [0.717, 1.165) is 6.42 Å². The molecule has 0 aromatic heterocycles. The standard InChI is InChI=1S/C11H23NO2/c1-8(2)5-6-14-10(7-13)11(12)9-3-4-9/h8-11,13H,3-7,12H2,1-2H3. The summed E-state index contributed by atoms with van der Waals surface area (Å²) >= 11 is 0. The molecule has 0 radical (unpaired) electrons. The summed E-state index contributed by atoms with van der Waals surface area (Å²) in [7, 11) is 0. The predicted octanol–water partition coefficient (Wildman–Crippen LogP) is 1.15. The first kappa shape index (κ1) is 12.0. The normalized spacial score (nSPS) is 21.2. The quantitative estimate of drug-likeness (QED) is 0.649. The molecule has 0 saturated heterocycles. The monoisotopic (exact) mass is 201 g/mol. The van der Waals surface area contributed by atoms with Gasteiger partial charge in [-0.05, 0) is 31.1 Å². The number of ether oxygens (including phenoxy) is 1. The zero-order valence-corrected chi connectivity index (χ0v) is 9.28. The predicted molar refractivity (Wildman–Crippen MR) is 57.0 cm³/mol. The molecule has 0 aromatic carbocycles. The maximum absolute atomic E-state index is 9.13. The van der Waals surface area contributed by atoms with Crippen LogP contribution in [0.3, 0.4) is 0 Å². The van der Waals surface area contributed by atoms with E-state index in [1.54, 1.807) is 0 Å². The Morgan fingerprint density at radius 3 is 2.50 bits per heavy atom. The fraction of sp³-hybridized carbons (Fsp3) is 1.00. The second-order valence-corrected chi connectivity index (χ2v) is 4.69. The average Bonchev–Trinajstić information content (AvgIpc) is 2.94. The summed E-state index contributed by atoms with van der Waals surface area (Å²) in [5.74, 6) is 1.23. The molecule has 14 heavy (non-hydrogen) atoms. The fourth-order valence-electron chi connectivity index (χ4n) is 1.53. The summed E-state index contributed by atoms with van der Waals surface area (Å²) in [6.45, 7) is 5.09. The molecule has 3 nitrogen and oxygen atoms in total. The maximum Gasteiger partial charge on any atom is 0.0958 e. The summed E-state index contributed by atoms with van der Waals surface area (Å²) in [6.07, 6.45) is 3.28. The van der Waals surface area contributed by atoms with Crippen molar-refractivity contribution in [3.63, 3.8) is 0 Å². The zero-order chi connectivity index (χ0) is 10.6. The number of hydrogen-bond acceptors (Lipinski definition) is 3. The van der Waals surface area contributed by atoms with Crippen molar-refractivity contribution in [3.05, 3.63) is 0 Å². The Balaban J connectivity index is 2.16. The van der Waals surface area contributed by atoms with Crippen LogP contribution in [-0.2, 0) is 4.74 Å². The topological polar surface area (TPSA) is 55.5 Å². The van der Waals surface area contributed by atoms with E-state index in [4.69, 9.17) is 15.6 Å². The lowest BCUT2D eigenvalue weighted by atomic mass is 10.1. The Hall–Kier alpha value is -0.120. The van der Waals surface area contributed by atoms with E-state index in [9.17, 15) is 0 Å².